The highest BCUT2D eigenvalue weighted by atomic mass is 14.6. The van der Waals surface area contributed by atoms with E-state index in [2.05, 4.69) is 110 Å². The lowest BCUT2D eigenvalue weighted by molar-refractivity contribution is 1.36. The smallest absolute Gasteiger partial charge is 0.0352 e. The molecule has 1 nitrogen and oxygen atoms in total. The molecular weight excluding hydrogens is 434 g/mol. The number of nitrogens with zero attached hydrogens (tertiary/aromatic N) is 1. The highest BCUT2D eigenvalue weighted by molar-refractivity contribution is 6.29. The monoisotopic (exact) mass is 457 g/mol. The van der Waals surface area contributed by atoms with Crippen molar-refractivity contribution >= 4 is 43.1 Å². The third-order valence-electron chi connectivity index (χ3n) is 8.06. The van der Waals surface area contributed by atoms with Crippen molar-refractivity contribution in [3.63, 3.8) is 0 Å². The lowest BCUT2D eigenvalue weighted by Crippen LogP contribution is -1.90. The molecule has 0 fully saturated rings. The number of rotatable bonds is 1. The SMILES string of the molecule is Cc1ccc2c(c1)c(-c1cccc3ccncc13)cc1c3ccc(C)c4c3c(cc21)-c1ccccc1-4. The van der Waals surface area contributed by atoms with Crippen molar-refractivity contribution in [3.05, 3.63) is 115 Å². The fourth-order valence-corrected chi connectivity index (χ4v) is 6.43. The zero-order valence-corrected chi connectivity index (χ0v) is 20.3. The predicted octanol–water partition coefficient (Wildman–Crippen LogP) is 9.63. The van der Waals surface area contributed by atoms with Gasteiger partial charge in [0, 0.05) is 17.8 Å². The van der Waals surface area contributed by atoms with Gasteiger partial charge in [0.15, 0.2) is 0 Å². The van der Waals surface area contributed by atoms with Crippen LogP contribution in [-0.4, -0.2) is 4.98 Å². The number of aryl methyl sites for hydroxylation is 2. The van der Waals surface area contributed by atoms with Crippen molar-refractivity contribution < 1.29 is 0 Å². The van der Waals surface area contributed by atoms with E-state index in [9.17, 15) is 0 Å². The van der Waals surface area contributed by atoms with Crippen molar-refractivity contribution in [3.8, 4) is 33.4 Å². The summed E-state index contributed by atoms with van der Waals surface area (Å²) in [5.74, 6) is 0. The first-order valence-corrected chi connectivity index (χ1v) is 12.6. The van der Waals surface area contributed by atoms with E-state index < -0.39 is 0 Å². The Morgan fingerprint density at radius 1 is 0.500 bits per heavy atom. The molecule has 6 aromatic carbocycles. The minimum Gasteiger partial charge on any atom is -0.264 e. The molecule has 8 rings (SSSR count). The highest BCUT2D eigenvalue weighted by Crippen LogP contribution is 2.52. The summed E-state index contributed by atoms with van der Waals surface area (Å²) in [5, 5.41) is 10.4. The van der Waals surface area contributed by atoms with E-state index in [0.717, 1.165) is 0 Å². The van der Waals surface area contributed by atoms with Gasteiger partial charge < -0.3 is 0 Å². The summed E-state index contributed by atoms with van der Waals surface area (Å²) in [4.78, 5) is 4.47. The molecule has 168 valence electrons. The molecule has 0 saturated heterocycles. The number of benzene rings is 6. The zero-order valence-electron chi connectivity index (χ0n) is 20.3. The first kappa shape index (κ1) is 19.8. The minimum absolute atomic E-state index is 1.19. The van der Waals surface area contributed by atoms with Gasteiger partial charge in [-0.25, -0.2) is 0 Å². The van der Waals surface area contributed by atoms with Crippen LogP contribution >= 0.6 is 0 Å². The Bertz CT molecular complexity index is 2060. The molecule has 0 bridgehead atoms. The number of aromatic nitrogens is 1. The Morgan fingerprint density at radius 3 is 2.19 bits per heavy atom. The maximum atomic E-state index is 4.47. The summed E-state index contributed by atoms with van der Waals surface area (Å²) in [7, 11) is 0. The van der Waals surface area contributed by atoms with Crippen molar-refractivity contribution in [2.45, 2.75) is 13.8 Å². The summed E-state index contributed by atoms with van der Waals surface area (Å²) in [6.07, 6.45) is 3.88. The minimum atomic E-state index is 1.19. The predicted molar refractivity (Wildman–Crippen MR) is 154 cm³/mol. The fraction of sp³-hybridized carbons (Fsp3) is 0.0571. The van der Waals surface area contributed by atoms with Crippen LogP contribution in [0.15, 0.2) is 103 Å². The Labute approximate surface area is 209 Å². The third kappa shape index (κ3) is 2.52. The third-order valence-corrected chi connectivity index (χ3v) is 8.06. The van der Waals surface area contributed by atoms with Crippen LogP contribution in [-0.2, 0) is 0 Å². The maximum Gasteiger partial charge on any atom is 0.0352 e. The van der Waals surface area contributed by atoms with E-state index in [4.69, 9.17) is 0 Å². The molecule has 0 radical (unpaired) electrons. The molecule has 1 heterocycles. The Hall–Kier alpha value is -4.49. The van der Waals surface area contributed by atoms with Crippen LogP contribution in [0.2, 0.25) is 0 Å². The van der Waals surface area contributed by atoms with Crippen LogP contribution in [0.25, 0.3) is 76.5 Å². The maximum absolute atomic E-state index is 4.47. The Balaban J connectivity index is 1.60. The summed E-state index contributed by atoms with van der Waals surface area (Å²) in [6.45, 7) is 4.42. The molecule has 1 heteroatoms. The lowest BCUT2D eigenvalue weighted by atomic mass is 9.87. The van der Waals surface area contributed by atoms with E-state index in [1.54, 1.807) is 0 Å². The second-order valence-electron chi connectivity index (χ2n) is 10.1. The first-order valence-electron chi connectivity index (χ1n) is 12.6. The summed E-state index contributed by atoms with van der Waals surface area (Å²) >= 11 is 0. The van der Waals surface area contributed by atoms with Gasteiger partial charge in [0.05, 0.1) is 0 Å². The molecule has 0 aliphatic heterocycles. The van der Waals surface area contributed by atoms with Gasteiger partial charge >= 0.3 is 0 Å². The summed E-state index contributed by atoms with van der Waals surface area (Å²) < 4.78 is 0. The molecule has 36 heavy (non-hydrogen) atoms. The average Bonchev–Trinajstić information content (AvgIpc) is 3.25. The van der Waals surface area contributed by atoms with Crippen LogP contribution in [0.5, 0.6) is 0 Å². The van der Waals surface area contributed by atoms with Crippen LogP contribution in [0.1, 0.15) is 11.1 Å². The van der Waals surface area contributed by atoms with Crippen molar-refractivity contribution in [2.75, 3.05) is 0 Å². The Kier molecular flexibility index (Phi) is 3.86. The molecule has 0 amide bonds. The quantitative estimate of drug-likeness (QED) is 0.224. The standard InChI is InChI=1S/C35H23N/c1-20-10-12-25-28(16-20)29(24-9-5-6-22-14-15-36-19-33(22)24)17-31-27-13-11-21(2)34-26-8-4-3-7-23(26)32(35(27)34)18-30(25)31/h3-19H,1-2H3. The second kappa shape index (κ2) is 7.02. The fourth-order valence-electron chi connectivity index (χ4n) is 6.43. The van der Waals surface area contributed by atoms with Crippen LogP contribution in [0, 0.1) is 13.8 Å². The van der Waals surface area contributed by atoms with Crippen molar-refractivity contribution in [2.24, 2.45) is 0 Å². The zero-order chi connectivity index (χ0) is 24.0. The van der Waals surface area contributed by atoms with Gasteiger partial charge in [-0.05, 0) is 109 Å². The molecule has 0 atom stereocenters. The van der Waals surface area contributed by atoms with E-state index in [-0.39, 0.29) is 0 Å². The highest BCUT2D eigenvalue weighted by Gasteiger charge is 2.25. The molecule has 1 aromatic heterocycles. The second-order valence-corrected chi connectivity index (χ2v) is 10.1. The van der Waals surface area contributed by atoms with Gasteiger partial charge in [0.25, 0.3) is 0 Å². The van der Waals surface area contributed by atoms with E-state index >= 15 is 0 Å². The number of pyridine rings is 1. The molecule has 0 saturated carbocycles. The van der Waals surface area contributed by atoms with Crippen LogP contribution in [0.3, 0.4) is 0 Å². The summed E-state index contributed by atoms with van der Waals surface area (Å²) in [6, 6.07) is 34.0. The van der Waals surface area contributed by atoms with Gasteiger partial charge in [0.1, 0.15) is 0 Å². The average molecular weight is 458 g/mol. The normalized spacial score (nSPS) is 12.2. The van der Waals surface area contributed by atoms with Crippen LogP contribution < -0.4 is 0 Å². The number of hydrogen-bond acceptors (Lipinski definition) is 1. The first-order chi connectivity index (χ1) is 17.7. The molecule has 0 N–H and O–H groups in total. The van der Waals surface area contributed by atoms with Crippen LogP contribution in [0.4, 0.5) is 0 Å². The van der Waals surface area contributed by atoms with Gasteiger partial charge in [-0.15, -0.1) is 0 Å². The molecule has 7 aromatic rings. The Morgan fingerprint density at radius 2 is 1.28 bits per heavy atom. The molecule has 0 spiro atoms. The lowest BCUT2D eigenvalue weighted by Gasteiger charge is -2.16. The topological polar surface area (TPSA) is 12.9 Å². The molecule has 1 aliphatic rings. The summed E-state index contributed by atoms with van der Waals surface area (Å²) in [5.41, 5.74) is 10.6. The van der Waals surface area contributed by atoms with Crippen molar-refractivity contribution in [1.29, 1.82) is 0 Å². The number of hydrogen-bond donors (Lipinski definition) is 0. The van der Waals surface area contributed by atoms with Gasteiger partial charge in [-0.1, -0.05) is 78.4 Å². The van der Waals surface area contributed by atoms with Gasteiger partial charge in [-0.3, -0.25) is 4.98 Å². The molecule has 1 aliphatic carbocycles. The van der Waals surface area contributed by atoms with E-state index in [0.29, 0.717) is 0 Å². The van der Waals surface area contributed by atoms with Gasteiger partial charge in [-0.2, -0.15) is 0 Å². The van der Waals surface area contributed by atoms with Gasteiger partial charge in [0.2, 0.25) is 0 Å². The largest absolute Gasteiger partial charge is 0.264 e. The van der Waals surface area contributed by atoms with E-state index in [1.807, 2.05) is 12.4 Å². The molecular formula is C35H23N. The molecule has 0 unspecified atom stereocenters. The van der Waals surface area contributed by atoms with Crippen molar-refractivity contribution in [1.82, 2.24) is 4.98 Å². The number of fused-ring (bicyclic) bond motifs is 8. The van der Waals surface area contributed by atoms with E-state index in [1.165, 1.54) is 87.6 Å².